The summed E-state index contributed by atoms with van der Waals surface area (Å²) in [7, 11) is 0. The number of carbonyl (C=O) groups is 1. The molecule has 11 heteroatoms. The Morgan fingerprint density at radius 2 is 1.87 bits per heavy atom. The van der Waals surface area contributed by atoms with Gasteiger partial charge in [0.05, 0.1) is 5.39 Å². The summed E-state index contributed by atoms with van der Waals surface area (Å²) in [5.74, 6) is 0.343. The van der Waals surface area contributed by atoms with Crippen molar-refractivity contribution in [3.8, 4) is 0 Å². The van der Waals surface area contributed by atoms with Gasteiger partial charge in [-0.2, -0.15) is 0 Å². The lowest BCUT2D eigenvalue weighted by atomic mass is 9.87. The summed E-state index contributed by atoms with van der Waals surface area (Å²) in [6.45, 7) is 12.2. The molecule has 1 aromatic carbocycles. The number of anilines is 2. The predicted octanol–water partition coefficient (Wildman–Crippen LogP) is 2.85. The van der Waals surface area contributed by atoms with Crippen LogP contribution in [0.2, 0.25) is 0 Å². The van der Waals surface area contributed by atoms with E-state index in [0.29, 0.717) is 42.9 Å². The van der Waals surface area contributed by atoms with Crippen LogP contribution in [0.5, 0.6) is 0 Å². The highest BCUT2D eigenvalue weighted by Crippen LogP contribution is 2.33. The van der Waals surface area contributed by atoms with Crippen molar-refractivity contribution in [2.75, 3.05) is 30.7 Å². The Kier molecular flexibility index (Phi) is 8.75. The molecule has 2 amide bonds. The van der Waals surface area contributed by atoms with Crippen molar-refractivity contribution in [1.82, 2.24) is 24.8 Å². The number of nitrogens with two attached hydrogens (primary N) is 1. The first-order valence-corrected chi connectivity index (χ1v) is 13.4. The topological polar surface area (TPSA) is 151 Å². The molecule has 1 aliphatic rings. The Bertz CT molecular complexity index is 1260. The molecule has 2 aromatic heterocycles. The Balaban J connectivity index is 1.27. The maximum Gasteiger partial charge on any atom is 0.319 e. The van der Waals surface area contributed by atoms with Crippen LogP contribution in [0.1, 0.15) is 52.8 Å². The monoisotopic (exact) mass is 539 g/mol. The molecule has 1 fully saturated rings. The lowest BCUT2D eigenvalue weighted by molar-refractivity contribution is -0.0465. The van der Waals surface area contributed by atoms with E-state index in [0.717, 1.165) is 5.69 Å². The zero-order chi connectivity index (χ0) is 28.3. The van der Waals surface area contributed by atoms with Crippen molar-refractivity contribution in [2.24, 2.45) is 0 Å². The number of urea groups is 1. The number of benzene rings is 1. The quantitative estimate of drug-likeness (QED) is 0.261. The third-order valence-corrected chi connectivity index (χ3v) is 7.21. The van der Waals surface area contributed by atoms with Crippen LogP contribution in [0.25, 0.3) is 11.0 Å². The molecular formula is C28H41N7O4. The van der Waals surface area contributed by atoms with Gasteiger partial charge in [0.2, 0.25) is 0 Å². The molecule has 0 bridgehead atoms. The van der Waals surface area contributed by atoms with Gasteiger partial charge in [-0.25, -0.2) is 14.8 Å². The first kappa shape index (κ1) is 28.8. The second-order valence-electron chi connectivity index (χ2n) is 11.4. The highest BCUT2D eigenvalue weighted by Gasteiger charge is 2.44. The van der Waals surface area contributed by atoms with Crippen molar-refractivity contribution < 1.29 is 19.7 Å². The molecule has 0 saturated carbocycles. The number of nitrogens with one attached hydrogen (secondary N) is 2. The maximum absolute atomic E-state index is 12.4. The van der Waals surface area contributed by atoms with Crippen molar-refractivity contribution in [2.45, 2.75) is 77.0 Å². The number of aromatic nitrogens is 3. The maximum atomic E-state index is 12.4. The van der Waals surface area contributed by atoms with E-state index in [4.69, 9.17) is 10.5 Å². The Hall–Kier alpha value is -3.25. The minimum absolute atomic E-state index is 0.0573. The number of amides is 2. The first-order valence-electron chi connectivity index (χ1n) is 13.4. The van der Waals surface area contributed by atoms with Crippen LogP contribution in [0, 0.1) is 0 Å². The third kappa shape index (κ3) is 6.67. The van der Waals surface area contributed by atoms with E-state index < -0.39 is 24.5 Å². The molecule has 39 heavy (non-hydrogen) atoms. The van der Waals surface area contributed by atoms with E-state index in [1.807, 2.05) is 24.3 Å². The van der Waals surface area contributed by atoms with Crippen molar-refractivity contribution in [3.63, 3.8) is 0 Å². The number of fused-ring (bicyclic) bond motifs is 1. The number of carbonyl (C=O) groups excluding carboxylic acids is 1. The summed E-state index contributed by atoms with van der Waals surface area (Å²) in [4.78, 5) is 22.8. The highest BCUT2D eigenvalue weighted by atomic mass is 16.6. The summed E-state index contributed by atoms with van der Waals surface area (Å²) in [6.07, 6.45) is 0.210. The zero-order valence-corrected chi connectivity index (χ0v) is 23.3. The second-order valence-corrected chi connectivity index (χ2v) is 11.4. The Labute approximate surface area is 229 Å². The molecule has 0 radical (unpaired) electrons. The molecule has 3 heterocycles. The molecule has 4 rings (SSSR count). The van der Waals surface area contributed by atoms with Crippen LogP contribution in [0.3, 0.4) is 0 Å². The van der Waals surface area contributed by atoms with E-state index in [9.17, 15) is 15.0 Å². The lowest BCUT2D eigenvalue weighted by Crippen LogP contribution is -2.44. The van der Waals surface area contributed by atoms with Crippen molar-refractivity contribution >= 4 is 28.6 Å². The van der Waals surface area contributed by atoms with Gasteiger partial charge in [0.25, 0.3) is 0 Å². The lowest BCUT2D eigenvalue weighted by Gasteiger charge is -2.30. The molecule has 11 nitrogen and oxygen atoms in total. The van der Waals surface area contributed by atoms with Crippen molar-refractivity contribution in [3.05, 3.63) is 48.4 Å². The van der Waals surface area contributed by atoms with E-state index in [1.54, 1.807) is 16.8 Å². The Morgan fingerprint density at radius 3 is 2.54 bits per heavy atom. The first-order chi connectivity index (χ1) is 18.5. The fourth-order valence-electron chi connectivity index (χ4n) is 4.81. The predicted molar refractivity (Wildman–Crippen MR) is 151 cm³/mol. The molecule has 212 valence electrons. The highest BCUT2D eigenvalue weighted by molar-refractivity contribution is 5.89. The molecule has 6 N–H and O–H groups in total. The normalized spacial score (nSPS) is 21.7. The van der Waals surface area contributed by atoms with Gasteiger partial charge in [0.1, 0.15) is 36.1 Å². The van der Waals surface area contributed by atoms with Gasteiger partial charge < -0.3 is 35.9 Å². The SMILES string of the molecule is CC(C)N(CCCNC(=O)Nc1ccc(C(C)(C)C)cc1)C[C@@H]1O[C@H](n2ccc3c(N)ncnc32)[C@H](O)[C@@H]1O. The summed E-state index contributed by atoms with van der Waals surface area (Å²) >= 11 is 0. The van der Waals surface area contributed by atoms with Crippen LogP contribution in [-0.2, 0) is 10.2 Å². The summed E-state index contributed by atoms with van der Waals surface area (Å²) in [5, 5.41) is 28.0. The number of hydrogen-bond acceptors (Lipinski definition) is 8. The van der Waals surface area contributed by atoms with E-state index in [1.165, 1.54) is 11.9 Å². The van der Waals surface area contributed by atoms with E-state index >= 15 is 0 Å². The van der Waals surface area contributed by atoms with Gasteiger partial charge in [0.15, 0.2) is 6.23 Å². The summed E-state index contributed by atoms with van der Waals surface area (Å²) in [6, 6.07) is 9.57. The third-order valence-electron chi connectivity index (χ3n) is 7.21. The van der Waals surface area contributed by atoms with Gasteiger partial charge in [-0.1, -0.05) is 32.9 Å². The molecule has 0 aliphatic carbocycles. The van der Waals surface area contributed by atoms with E-state index in [2.05, 4.69) is 60.1 Å². The van der Waals surface area contributed by atoms with Gasteiger partial charge in [-0.15, -0.1) is 0 Å². The fourth-order valence-corrected chi connectivity index (χ4v) is 4.81. The smallest absolute Gasteiger partial charge is 0.319 e. The molecule has 4 atom stereocenters. The fraction of sp³-hybridized carbons (Fsp3) is 0.536. The zero-order valence-electron chi connectivity index (χ0n) is 23.3. The molecular weight excluding hydrogens is 498 g/mol. The van der Waals surface area contributed by atoms with Crippen LogP contribution >= 0.6 is 0 Å². The van der Waals surface area contributed by atoms with Crippen LogP contribution in [0.15, 0.2) is 42.9 Å². The number of hydrogen-bond donors (Lipinski definition) is 5. The number of nitrogen functional groups attached to an aromatic ring is 1. The second kappa shape index (κ2) is 11.9. The van der Waals surface area contributed by atoms with Gasteiger partial charge in [0, 0.05) is 37.6 Å². The average Bonchev–Trinajstić information content (AvgIpc) is 3.42. The Morgan fingerprint density at radius 1 is 1.15 bits per heavy atom. The molecule has 3 aromatic rings. The molecule has 0 spiro atoms. The van der Waals surface area contributed by atoms with Gasteiger partial charge in [-0.3, -0.25) is 4.90 Å². The van der Waals surface area contributed by atoms with Crippen molar-refractivity contribution in [1.29, 1.82) is 0 Å². The largest absolute Gasteiger partial charge is 0.387 e. The number of aliphatic hydroxyl groups is 2. The van der Waals surface area contributed by atoms with Gasteiger partial charge in [-0.05, 0) is 49.4 Å². The number of ether oxygens (including phenoxy) is 1. The molecule has 0 unspecified atom stereocenters. The van der Waals surface area contributed by atoms with Crippen LogP contribution in [0.4, 0.5) is 16.3 Å². The average molecular weight is 540 g/mol. The summed E-state index contributed by atoms with van der Waals surface area (Å²) < 4.78 is 7.82. The number of aliphatic hydroxyl groups excluding tert-OH is 2. The van der Waals surface area contributed by atoms with E-state index in [-0.39, 0.29) is 17.5 Å². The number of rotatable bonds is 9. The van der Waals surface area contributed by atoms with Gasteiger partial charge >= 0.3 is 6.03 Å². The minimum Gasteiger partial charge on any atom is -0.387 e. The molecule has 1 aliphatic heterocycles. The standard InChI is InChI=1S/C28H41N7O4/c1-17(2)34(13-6-12-30-27(38)33-19-9-7-18(8-10-19)28(3,4)5)15-21-22(36)23(37)26(39-21)35-14-11-20-24(29)31-16-32-25(20)35/h7-11,14,16-17,21-23,26,36-37H,6,12-13,15H2,1-5H3,(H2,29,31,32)(H2,30,33,38)/t21-,22+,23+,26-/m0/s1. The van der Waals surface area contributed by atoms with Crippen LogP contribution < -0.4 is 16.4 Å². The number of nitrogens with zero attached hydrogens (tertiary/aromatic N) is 4. The molecule has 1 saturated heterocycles. The van der Waals surface area contributed by atoms with Crippen LogP contribution in [-0.4, -0.2) is 79.7 Å². The minimum atomic E-state index is -1.13. The summed E-state index contributed by atoms with van der Waals surface area (Å²) in [5.41, 5.74) is 8.48.